The molecule has 0 aromatic heterocycles. The van der Waals surface area contributed by atoms with E-state index in [1.54, 1.807) is 4.90 Å². The van der Waals surface area contributed by atoms with Crippen molar-refractivity contribution in [1.82, 2.24) is 15.5 Å². The van der Waals surface area contributed by atoms with Gasteiger partial charge in [0, 0.05) is 38.5 Å². The maximum absolute atomic E-state index is 12.2. The number of urea groups is 1. The number of carbonyl (C=O) groups excluding carboxylic acids is 2. The van der Waals surface area contributed by atoms with Gasteiger partial charge in [-0.15, -0.1) is 0 Å². The number of nitrogens with zero attached hydrogens (tertiary/aromatic N) is 1. The standard InChI is InChI=1S/C14H23N3O4/c18-12-5-4-11(8-15-12)16-14(21)17-7-1-2-10(9-17)3-6-13(19)20/h10-11H,1-9H2,(H,15,18)(H,16,21)(H,19,20). The highest BCUT2D eigenvalue weighted by molar-refractivity contribution is 5.78. The first kappa shape index (κ1) is 15.6. The Morgan fingerprint density at radius 1 is 1.38 bits per heavy atom. The lowest BCUT2D eigenvalue weighted by atomic mass is 9.93. The molecule has 0 spiro atoms. The minimum absolute atomic E-state index is 0.00500. The van der Waals surface area contributed by atoms with Crippen LogP contribution in [-0.2, 0) is 9.59 Å². The van der Waals surface area contributed by atoms with E-state index in [9.17, 15) is 14.4 Å². The van der Waals surface area contributed by atoms with Gasteiger partial charge < -0.3 is 20.6 Å². The van der Waals surface area contributed by atoms with E-state index in [0.717, 1.165) is 12.8 Å². The van der Waals surface area contributed by atoms with Crippen LogP contribution < -0.4 is 10.6 Å². The van der Waals surface area contributed by atoms with Gasteiger partial charge in [-0.05, 0) is 31.6 Å². The van der Waals surface area contributed by atoms with Crippen molar-refractivity contribution in [2.24, 2.45) is 5.92 Å². The van der Waals surface area contributed by atoms with Gasteiger partial charge in [-0.25, -0.2) is 4.79 Å². The van der Waals surface area contributed by atoms with Crippen molar-refractivity contribution in [2.45, 2.75) is 44.6 Å². The molecule has 118 valence electrons. The number of nitrogens with one attached hydrogen (secondary N) is 2. The predicted molar refractivity (Wildman–Crippen MR) is 75.7 cm³/mol. The van der Waals surface area contributed by atoms with Crippen molar-refractivity contribution in [3.63, 3.8) is 0 Å². The average Bonchev–Trinajstić information content (AvgIpc) is 2.48. The number of likely N-dealkylation sites (tertiary alicyclic amines) is 1. The lowest BCUT2D eigenvalue weighted by Crippen LogP contribution is -2.53. The van der Waals surface area contributed by atoms with Gasteiger partial charge in [0.05, 0.1) is 0 Å². The fourth-order valence-electron chi connectivity index (χ4n) is 2.93. The monoisotopic (exact) mass is 297 g/mol. The first-order chi connectivity index (χ1) is 10.0. The molecule has 2 unspecified atom stereocenters. The Labute approximate surface area is 124 Å². The highest BCUT2D eigenvalue weighted by Crippen LogP contribution is 2.21. The molecule has 2 fully saturated rings. The second-order valence-electron chi connectivity index (χ2n) is 5.88. The first-order valence-corrected chi connectivity index (χ1v) is 7.58. The van der Waals surface area contributed by atoms with Crippen LogP contribution in [0.1, 0.15) is 38.5 Å². The van der Waals surface area contributed by atoms with Gasteiger partial charge in [-0.2, -0.15) is 0 Å². The zero-order valence-electron chi connectivity index (χ0n) is 12.1. The highest BCUT2D eigenvalue weighted by Gasteiger charge is 2.26. The van der Waals surface area contributed by atoms with Crippen LogP contribution in [0.25, 0.3) is 0 Å². The third-order valence-electron chi connectivity index (χ3n) is 4.17. The normalized spacial score (nSPS) is 26.1. The Morgan fingerprint density at radius 2 is 2.19 bits per heavy atom. The van der Waals surface area contributed by atoms with Gasteiger partial charge in [0.15, 0.2) is 0 Å². The third-order valence-corrected chi connectivity index (χ3v) is 4.17. The molecule has 0 aromatic carbocycles. The molecule has 2 heterocycles. The van der Waals surface area contributed by atoms with Crippen LogP contribution in [0, 0.1) is 5.92 Å². The molecule has 3 amide bonds. The zero-order valence-corrected chi connectivity index (χ0v) is 12.1. The summed E-state index contributed by atoms with van der Waals surface area (Å²) in [7, 11) is 0. The van der Waals surface area contributed by atoms with Gasteiger partial charge in [-0.1, -0.05) is 0 Å². The van der Waals surface area contributed by atoms with Crippen LogP contribution in [0.4, 0.5) is 4.79 Å². The number of carboxylic acid groups (broad SMARTS) is 1. The largest absolute Gasteiger partial charge is 0.481 e. The molecule has 2 aliphatic rings. The Bertz CT molecular complexity index is 403. The van der Waals surface area contributed by atoms with Crippen LogP contribution in [0.15, 0.2) is 0 Å². The van der Waals surface area contributed by atoms with Crippen molar-refractivity contribution in [2.75, 3.05) is 19.6 Å². The lowest BCUT2D eigenvalue weighted by molar-refractivity contribution is -0.137. The molecule has 0 bridgehead atoms. The van der Waals surface area contributed by atoms with Gasteiger partial charge in [-0.3, -0.25) is 9.59 Å². The lowest BCUT2D eigenvalue weighted by Gasteiger charge is -2.34. The number of aliphatic carboxylic acids is 1. The van der Waals surface area contributed by atoms with Gasteiger partial charge in [0.1, 0.15) is 0 Å². The highest BCUT2D eigenvalue weighted by atomic mass is 16.4. The first-order valence-electron chi connectivity index (χ1n) is 7.58. The van der Waals surface area contributed by atoms with E-state index >= 15 is 0 Å². The number of hydrogen-bond acceptors (Lipinski definition) is 3. The topological polar surface area (TPSA) is 98.7 Å². The van der Waals surface area contributed by atoms with Crippen molar-refractivity contribution < 1.29 is 19.5 Å². The molecule has 0 aromatic rings. The maximum atomic E-state index is 12.2. The predicted octanol–water partition coefficient (Wildman–Crippen LogP) is 0.551. The van der Waals surface area contributed by atoms with Crippen molar-refractivity contribution in [1.29, 1.82) is 0 Å². The van der Waals surface area contributed by atoms with E-state index in [4.69, 9.17) is 5.11 Å². The summed E-state index contributed by atoms with van der Waals surface area (Å²) < 4.78 is 0. The Kier molecular flexibility index (Phi) is 5.41. The zero-order chi connectivity index (χ0) is 15.2. The molecule has 3 N–H and O–H groups in total. The van der Waals surface area contributed by atoms with Gasteiger partial charge >= 0.3 is 12.0 Å². The number of hydrogen-bond donors (Lipinski definition) is 3. The summed E-state index contributed by atoms with van der Waals surface area (Å²) >= 11 is 0. The Hall–Kier alpha value is -1.79. The van der Waals surface area contributed by atoms with Crippen molar-refractivity contribution in [3.05, 3.63) is 0 Å². The van der Waals surface area contributed by atoms with Crippen molar-refractivity contribution in [3.8, 4) is 0 Å². The average molecular weight is 297 g/mol. The third kappa shape index (κ3) is 4.91. The molecule has 0 saturated carbocycles. The molecule has 2 rings (SSSR count). The summed E-state index contributed by atoms with van der Waals surface area (Å²) in [6.45, 7) is 1.83. The maximum Gasteiger partial charge on any atom is 0.317 e. The Morgan fingerprint density at radius 3 is 2.86 bits per heavy atom. The number of piperidine rings is 2. The summed E-state index contributed by atoms with van der Waals surface area (Å²) in [5, 5.41) is 14.4. The number of rotatable bonds is 4. The smallest absolute Gasteiger partial charge is 0.317 e. The van der Waals surface area contributed by atoms with E-state index in [0.29, 0.717) is 38.9 Å². The molecule has 2 atom stereocenters. The van der Waals surface area contributed by atoms with E-state index < -0.39 is 5.97 Å². The summed E-state index contributed by atoms with van der Waals surface area (Å²) in [5.74, 6) is -0.478. The van der Waals surface area contributed by atoms with E-state index in [1.165, 1.54) is 0 Å². The van der Waals surface area contributed by atoms with E-state index in [-0.39, 0.29) is 30.3 Å². The number of carbonyl (C=O) groups is 3. The van der Waals surface area contributed by atoms with E-state index in [1.807, 2.05) is 0 Å². The van der Waals surface area contributed by atoms with Gasteiger partial charge in [0.25, 0.3) is 0 Å². The van der Waals surface area contributed by atoms with Gasteiger partial charge in [0.2, 0.25) is 5.91 Å². The van der Waals surface area contributed by atoms with E-state index in [2.05, 4.69) is 10.6 Å². The minimum atomic E-state index is -0.783. The number of amides is 3. The van der Waals surface area contributed by atoms with Crippen LogP contribution >= 0.6 is 0 Å². The second-order valence-corrected chi connectivity index (χ2v) is 5.88. The second kappa shape index (κ2) is 7.28. The summed E-state index contributed by atoms with van der Waals surface area (Å²) in [6.07, 6.45) is 3.81. The molecule has 2 saturated heterocycles. The fraction of sp³-hybridized carbons (Fsp3) is 0.786. The SMILES string of the molecule is O=C(O)CCC1CCCN(C(=O)NC2CCC(=O)NC2)C1. The molecular weight excluding hydrogens is 274 g/mol. The van der Waals surface area contributed by atoms with Crippen LogP contribution in [-0.4, -0.2) is 53.6 Å². The molecule has 7 nitrogen and oxygen atoms in total. The summed E-state index contributed by atoms with van der Waals surface area (Å²) in [5.41, 5.74) is 0. The molecule has 0 radical (unpaired) electrons. The Balaban J connectivity index is 1.76. The molecular formula is C14H23N3O4. The molecule has 21 heavy (non-hydrogen) atoms. The molecule has 0 aliphatic carbocycles. The minimum Gasteiger partial charge on any atom is -0.481 e. The van der Waals surface area contributed by atoms with Crippen LogP contribution in [0.2, 0.25) is 0 Å². The van der Waals surface area contributed by atoms with Crippen LogP contribution in [0.3, 0.4) is 0 Å². The van der Waals surface area contributed by atoms with Crippen LogP contribution in [0.5, 0.6) is 0 Å². The molecule has 7 heteroatoms. The van der Waals surface area contributed by atoms with Crippen molar-refractivity contribution >= 4 is 17.9 Å². The fourth-order valence-corrected chi connectivity index (χ4v) is 2.93. The molecule has 2 aliphatic heterocycles. The summed E-state index contributed by atoms with van der Waals surface area (Å²) in [4.78, 5) is 35.7. The summed E-state index contributed by atoms with van der Waals surface area (Å²) in [6, 6.07) is -0.106. The quantitative estimate of drug-likeness (QED) is 0.705. The number of carboxylic acids is 1.